The van der Waals surface area contributed by atoms with Crippen molar-refractivity contribution in [2.24, 2.45) is 5.92 Å². The molecule has 3 rings (SSSR count). The molecule has 0 spiro atoms. The lowest BCUT2D eigenvalue weighted by Crippen LogP contribution is -2.21. The van der Waals surface area contributed by atoms with Gasteiger partial charge in [0.05, 0.1) is 32.4 Å². The van der Waals surface area contributed by atoms with E-state index in [1.807, 2.05) is 44.2 Å². The number of ether oxygens (including phenoxy) is 2. The molecule has 2 aromatic carbocycles. The highest BCUT2D eigenvalue weighted by Crippen LogP contribution is 2.36. The molecule has 182 valence electrons. The third-order valence-electron chi connectivity index (χ3n) is 6.22. The van der Waals surface area contributed by atoms with Crippen LogP contribution in [0.5, 0.6) is 11.5 Å². The molecule has 1 aromatic heterocycles. The molecule has 1 heterocycles. The Kier molecular flexibility index (Phi) is 8.71. The second kappa shape index (κ2) is 11.7. The Labute approximate surface area is 201 Å². The van der Waals surface area contributed by atoms with Crippen molar-refractivity contribution in [3.05, 3.63) is 76.6 Å². The first-order chi connectivity index (χ1) is 16.3. The van der Waals surface area contributed by atoms with E-state index < -0.39 is 12.1 Å². The molecule has 2 N–H and O–H groups in total. The lowest BCUT2D eigenvalue weighted by atomic mass is 9.89. The number of carboxylic acid groups (broad SMARTS) is 1. The molecule has 0 aliphatic carbocycles. The van der Waals surface area contributed by atoms with Crippen LogP contribution in [-0.2, 0) is 24.2 Å². The maximum atomic E-state index is 11.5. The molecule has 7 heteroatoms. The van der Waals surface area contributed by atoms with E-state index in [0.717, 1.165) is 36.1 Å². The Bertz CT molecular complexity index is 1070. The molecule has 34 heavy (non-hydrogen) atoms. The van der Waals surface area contributed by atoms with E-state index in [-0.39, 0.29) is 12.3 Å². The molecule has 3 aromatic rings. The normalized spacial score (nSPS) is 12.9. The number of methoxy groups -OCH3 is 2. The van der Waals surface area contributed by atoms with E-state index in [2.05, 4.69) is 17.2 Å². The number of aliphatic hydroxyl groups excluding tert-OH is 1. The van der Waals surface area contributed by atoms with Crippen LogP contribution in [0.4, 0.5) is 0 Å². The molecule has 0 fully saturated rings. The number of aromatic nitrogens is 2. The number of aliphatic carboxylic acids is 1. The van der Waals surface area contributed by atoms with Gasteiger partial charge >= 0.3 is 5.97 Å². The van der Waals surface area contributed by atoms with Crippen LogP contribution >= 0.6 is 0 Å². The summed E-state index contributed by atoms with van der Waals surface area (Å²) < 4.78 is 12.8. The van der Waals surface area contributed by atoms with E-state index in [9.17, 15) is 9.90 Å². The minimum Gasteiger partial charge on any atom is -0.496 e. The predicted octanol–water partition coefficient (Wildman–Crippen LogP) is 4.52. The van der Waals surface area contributed by atoms with Gasteiger partial charge in [-0.1, -0.05) is 30.3 Å². The van der Waals surface area contributed by atoms with Crippen molar-refractivity contribution < 1.29 is 24.5 Å². The highest BCUT2D eigenvalue weighted by Gasteiger charge is 2.25. The second-order valence-corrected chi connectivity index (χ2v) is 8.66. The zero-order valence-corrected chi connectivity index (χ0v) is 20.3. The Morgan fingerprint density at radius 1 is 1.06 bits per heavy atom. The summed E-state index contributed by atoms with van der Waals surface area (Å²) in [6, 6.07) is 15.8. The molecule has 0 saturated carbocycles. The van der Waals surface area contributed by atoms with E-state index >= 15 is 0 Å². The maximum Gasteiger partial charge on any atom is 0.309 e. The Morgan fingerprint density at radius 2 is 1.71 bits per heavy atom. The van der Waals surface area contributed by atoms with Crippen molar-refractivity contribution in [2.45, 2.75) is 52.2 Å². The average Bonchev–Trinajstić information content (AvgIpc) is 3.16. The molecule has 0 aliphatic heterocycles. The molecule has 0 radical (unpaired) electrons. The van der Waals surface area contributed by atoms with Crippen LogP contribution in [0.2, 0.25) is 0 Å². The van der Waals surface area contributed by atoms with Gasteiger partial charge in [0.1, 0.15) is 11.5 Å². The Hall–Kier alpha value is -3.32. The smallest absolute Gasteiger partial charge is 0.309 e. The number of hydrogen-bond donors (Lipinski definition) is 2. The van der Waals surface area contributed by atoms with Gasteiger partial charge in [0.25, 0.3) is 0 Å². The summed E-state index contributed by atoms with van der Waals surface area (Å²) in [5.41, 5.74) is 4.24. The van der Waals surface area contributed by atoms with Crippen molar-refractivity contribution in [3.63, 3.8) is 0 Å². The molecule has 0 saturated heterocycles. The number of carboxylic acids is 1. The average molecular weight is 467 g/mol. The van der Waals surface area contributed by atoms with Crippen molar-refractivity contribution in [1.82, 2.24) is 9.78 Å². The third kappa shape index (κ3) is 6.38. The predicted molar refractivity (Wildman–Crippen MR) is 130 cm³/mol. The van der Waals surface area contributed by atoms with Crippen LogP contribution < -0.4 is 9.47 Å². The van der Waals surface area contributed by atoms with Gasteiger partial charge in [-0.2, -0.15) is 5.10 Å². The topological polar surface area (TPSA) is 93.8 Å². The fourth-order valence-corrected chi connectivity index (χ4v) is 4.34. The van der Waals surface area contributed by atoms with E-state index in [4.69, 9.17) is 14.6 Å². The number of aliphatic hydroxyl groups is 1. The first-order valence-corrected chi connectivity index (χ1v) is 11.5. The maximum absolute atomic E-state index is 11.5. The molecular weight excluding hydrogens is 432 g/mol. The Morgan fingerprint density at radius 3 is 2.29 bits per heavy atom. The van der Waals surface area contributed by atoms with Crippen molar-refractivity contribution >= 4 is 5.97 Å². The van der Waals surface area contributed by atoms with Crippen LogP contribution in [0.3, 0.4) is 0 Å². The lowest BCUT2D eigenvalue weighted by molar-refractivity contribution is -0.136. The van der Waals surface area contributed by atoms with Crippen LogP contribution in [0, 0.1) is 19.8 Å². The van der Waals surface area contributed by atoms with Crippen molar-refractivity contribution in [3.8, 4) is 11.5 Å². The fraction of sp³-hybridized carbons (Fsp3) is 0.407. The molecular formula is C27H34N2O5. The molecule has 2 atom stereocenters. The number of benzene rings is 2. The second-order valence-electron chi connectivity index (χ2n) is 8.66. The summed E-state index contributed by atoms with van der Waals surface area (Å²) >= 11 is 0. The fourth-order valence-electron chi connectivity index (χ4n) is 4.34. The highest BCUT2D eigenvalue weighted by atomic mass is 16.5. The van der Waals surface area contributed by atoms with E-state index in [1.165, 1.54) is 5.56 Å². The number of carbonyl (C=O) groups is 1. The van der Waals surface area contributed by atoms with Gasteiger partial charge in [-0.15, -0.1) is 0 Å². The van der Waals surface area contributed by atoms with Crippen LogP contribution in [0.25, 0.3) is 0 Å². The SMILES string of the molecule is COc1cc([C@@H](O)[C@@H](CCCc2ccccc2)Cn2nc(CC(=O)O)cc2C)cc(OC)c1C. The molecule has 0 bridgehead atoms. The molecule has 7 nitrogen and oxygen atoms in total. The lowest BCUT2D eigenvalue weighted by Gasteiger charge is -2.25. The standard InChI is InChI=1S/C27H34N2O5/c1-18-13-23(16-26(30)31)28-29(18)17-21(12-8-11-20-9-6-5-7-10-20)27(32)22-14-24(33-3)19(2)25(15-22)34-4/h5-7,9-10,13-15,21,27,32H,8,11-12,16-17H2,1-4H3,(H,30,31)/t21-,27-/m0/s1. The van der Waals surface area contributed by atoms with Crippen LogP contribution in [0.1, 0.15) is 47.0 Å². The highest BCUT2D eigenvalue weighted by molar-refractivity contribution is 5.69. The summed E-state index contributed by atoms with van der Waals surface area (Å²) in [5.74, 6) is 0.269. The van der Waals surface area contributed by atoms with Gasteiger partial charge in [0.2, 0.25) is 0 Å². The number of hydrogen-bond acceptors (Lipinski definition) is 5. The van der Waals surface area contributed by atoms with E-state index in [0.29, 0.717) is 23.7 Å². The van der Waals surface area contributed by atoms with Gasteiger partial charge in [0.15, 0.2) is 0 Å². The summed E-state index contributed by atoms with van der Waals surface area (Å²) in [6.07, 6.45) is 1.68. The number of aryl methyl sites for hydroxylation is 2. The number of nitrogens with zero attached hydrogens (tertiary/aromatic N) is 2. The van der Waals surface area contributed by atoms with Gasteiger partial charge in [-0.3, -0.25) is 9.48 Å². The van der Waals surface area contributed by atoms with Crippen molar-refractivity contribution in [2.75, 3.05) is 14.2 Å². The Balaban J connectivity index is 1.86. The van der Waals surface area contributed by atoms with Gasteiger partial charge in [-0.05, 0) is 62.4 Å². The minimum atomic E-state index is -0.914. The summed E-state index contributed by atoms with van der Waals surface area (Å²) in [6.45, 7) is 4.30. The first kappa shape index (κ1) is 25.3. The molecule has 0 aliphatic rings. The van der Waals surface area contributed by atoms with E-state index in [1.54, 1.807) is 25.0 Å². The summed E-state index contributed by atoms with van der Waals surface area (Å²) in [4.78, 5) is 11.1. The first-order valence-electron chi connectivity index (χ1n) is 11.5. The van der Waals surface area contributed by atoms with Crippen LogP contribution in [-0.4, -0.2) is 40.2 Å². The third-order valence-corrected chi connectivity index (χ3v) is 6.22. The van der Waals surface area contributed by atoms with Crippen molar-refractivity contribution in [1.29, 1.82) is 0 Å². The minimum absolute atomic E-state index is 0.124. The zero-order valence-electron chi connectivity index (χ0n) is 20.3. The van der Waals surface area contributed by atoms with Gasteiger partial charge in [0, 0.05) is 23.7 Å². The summed E-state index contributed by atoms with van der Waals surface area (Å²) in [5, 5.41) is 25.1. The summed E-state index contributed by atoms with van der Waals surface area (Å²) in [7, 11) is 3.21. The zero-order chi connectivity index (χ0) is 24.7. The van der Waals surface area contributed by atoms with Gasteiger partial charge in [-0.25, -0.2) is 0 Å². The number of rotatable bonds is 12. The molecule has 0 amide bonds. The monoisotopic (exact) mass is 466 g/mol. The quantitative estimate of drug-likeness (QED) is 0.408. The van der Waals surface area contributed by atoms with Gasteiger partial charge < -0.3 is 19.7 Å². The largest absolute Gasteiger partial charge is 0.496 e. The molecule has 0 unspecified atom stereocenters. The van der Waals surface area contributed by atoms with Crippen LogP contribution in [0.15, 0.2) is 48.5 Å².